The molecule has 0 saturated heterocycles. The molecule has 5 nitrogen and oxygen atoms in total. The van der Waals surface area contributed by atoms with Crippen LogP contribution in [0, 0.1) is 22.7 Å². The lowest BCUT2D eigenvalue weighted by atomic mass is 9.78. The monoisotopic (exact) mass is 398 g/mol. The first-order valence-electron chi connectivity index (χ1n) is 7.57. The van der Waals surface area contributed by atoms with Crippen LogP contribution < -0.4 is 9.47 Å². The molecular weight excluding hydrogens is 384 g/mol. The Morgan fingerprint density at radius 3 is 2.84 bits per heavy atom. The molecule has 2 N–H and O–H groups in total. The quantitative estimate of drug-likeness (QED) is 0.748. The zero-order chi connectivity index (χ0) is 18.0. The van der Waals surface area contributed by atoms with Crippen LogP contribution in [0.25, 0.3) is 0 Å². The fraction of sp³-hybridized carbons (Fsp3) is 0.158. The molecule has 6 heteroatoms. The van der Waals surface area contributed by atoms with Crippen LogP contribution >= 0.6 is 15.9 Å². The van der Waals surface area contributed by atoms with Crippen molar-refractivity contribution in [2.24, 2.45) is 5.92 Å². The van der Waals surface area contributed by atoms with E-state index < -0.39 is 11.8 Å². The van der Waals surface area contributed by atoms with Gasteiger partial charge in [-0.1, -0.05) is 34.7 Å². The minimum absolute atomic E-state index is 0.0399. The van der Waals surface area contributed by atoms with Crippen LogP contribution in [0.2, 0.25) is 0 Å². The summed E-state index contributed by atoms with van der Waals surface area (Å²) in [5.41, 5.74) is 1.49. The van der Waals surface area contributed by atoms with Gasteiger partial charge in [0.1, 0.15) is 29.8 Å². The topological polar surface area (TPSA) is 86.3 Å². The summed E-state index contributed by atoms with van der Waals surface area (Å²) < 4.78 is 12.0. The van der Waals surface area contributed by atoms with Crippen LogP contribution in [0.5, 0.6) is 17.2 Å². The lowest BCUT2D eigenvalue weighted by molar-refractivity contribution is 0.353. The molecule has 2 atom stereocenters. The number of phenolic OH excluding ortho intramolecular Hbond substituents is 1. The number of aromatic hydroxyl groups is 1. The van der Waals surface area contributed by atoms with Crippen molar-refractivity contribution in [2.45, 2.75) is 5.92 Å². The number of ether oxygens (including phenoxy) is 2. The third-order valence-corrected chi connectivity index (χ3v) is 4.46. The van der Waals surface area contributed by atoms with Crippen LogP contribution in [0.4, 0.5) is 0 Å². The molecule has 0 amide bonds. The van der Waals surface area contributed by atoms with Crippen molar-refractivity contribution in [3.05, 3.63) is 64.7 Å². The van der Waals surface area contributed by atoms with Gasteiger partial charge in [-0.2, -0.15) is 5.26 Å². The van der Waals surface area contributed by atoms with E-state index in [9.17, 15) is 10.4 Å². The second-order valence-electron chi connectivity index (χ2n) is 5.55. The average Bonchev–Trinajstić information content (AvgIpc) is 2.59. The highest BCUT2D eigenvalue weighted by molar-refractivity contribution is 9.10. The molecule has 0 fully saturated rings. The summed E-state index contributed by atoms with van der Waals surface area (Å²) in [6, 6.07) is 12.4. The van der Waals surface area contributed by atoms with Crippen molar-refractivity contribution in [3.63, 3.8) is 0 Å². The highest BCUT2D eigenvalue weighted by Crippen LogP contribution is 2.46. The minimum Gasteiger partial charge on any atom is -0.508 e. The van der Waals surface area contributed by atoms with Gasteiger partial charge in [0.15, 0.2) is 0 Å². The van der Waals surface area contributed by atoms with E-state index in [1.165, 1.54) is 6.07 Å². The SMILES string of the molecule is C=CCOc1ccc(Br)cc1C1c2ccc(O)cc2OC(=N)C1C#N. The summed E-state index contributed by atoms with van der Waals surface area (Å²) in [5, 5.41) is 27.4. The number of phenols is 1. The van der Waals surface area contributed by atoms with E-state index in [4.69, 9.17) is 14.9 Å². The summed E-state index contributed by atoms with van der Waals surface area (Å²) in [4.78, 5) is 0. The number of nitrogens with zero attached hydrogens (tertiary/aromatic N) is 1. The number of benzene rings is 2. The molecule has 0 radical (unpaired) electrons. The van der Waals surface area contributed by atoms with Gasteiger partial charge >= 0.3 is 0 Å². The fourth-order valence-corrected chi connectivity index (χ4v) is 3.28. The smallest absolute Gasteiger partial charge is 0.205 e. The summed E-state index contributed by atoms with van der Waals surface area (Å²) >= 11 is 3.46. The molecule has 1 aliphatic rings. The molecule has 0 saturated carbocycles. The molecule has 2 aromatic carbocycles. The zero-order valence-electron chi connectivity index (χ0n) is 13.2. The lowest BCUT2D eigenvalue weighted by Gasteiger charge is -2.31. The Morgan fingerprint density at radius 2 is 2.12 bits per heavy atom. The number of nitriles is 1. The Morgan fingerprint density at radius 1 is 1.32 bits per heavy atom. The standard InChI is InChI=1S/C19H15BrN2O3/c1-2-7-24-16-6-3-11(20)8-14(16)18-13-5-4-12(23)9-17(13)25-19(22)15(18)10-21/h2-6,8-9,15,18,22-23H,1,7H2. The van der Waals surface area contributed by atoms with Crippen molar-refractivity contribution in [1.82, 2.24) is 0 Å². The number of fused-ring (bicyclic) bond motifs is 1. The van der Waals surface area contributed by atoms with E-state index in [-0.39, 0.29) is 11.6 Å². The summed E-state index contributed by atoms with van der Waals surface area (Å²) in [6.07, 6.45) is 1.64. The van der Waals surface area contributed by atoms with Gasteiger partial charge < -0.3 is 14.6 Å². The maximum Gasteiger partial charge on any atom is 0.205 e. The third-order valence-electron chi connectivity index (χ3n) is 3.97. The van der Waals surface area contributed by atoms with Crippen molar-refractivity contribution in [2.75, 3.05) is 6.61 Å². The Labute approximate surface area is 153 Å². The number of hydrogen-bond acceptors (Lipinski definition) is 5. The predicted octanol–water partition coefficient (Wildman–Crippen LogP) is 4.36. The molecule has 0 bridgehead atoms. The Bertz CT molecular complexity index is 889. The molecule has 25 heavy (non-hydrogen) atoms. The van der Waals surface area contributed by atoms with Crippen LogP contribution in [-0.4, -0.2) is 17.6 Å². The van der Waals surface area contributed by atoms with Crippen LogP contribution in [-0.2, 0) is 0 Å². The average molecular weight is 399 g/mol. The van der Waals surface area contributed by atoms with Crippen molar-refractivity contribution in [1.29, 1.82) is 10.7 Å². The van der Waals surface area contributed by atoms with Crippen LogP contribution in [0.15, 0.2) is 53.5 Å². The Kier molecular flexibility index (Phi) is 4.77. The maximum atomic E-state index is 9.71. The normalized spacial score (nSPS) is 18.6. The fourth-order valence-electron chi connectivity index (χ4n) is 2.90. The zero-order valence-corrected chi connectivity index (χ0v) is 14.8. The molecule has 1 aliphatic heterocycles. The molecule has 2 unspecified atom stereocenters. The van der Waals surface area contributed by atoms with Gasteiger partial charge in [0.2, 0.25) is 5.90 Å². The van der Waals surface area contributed by atoms with Crippen molar-refractivity contribution >= 4 is 21.8 Å². The van der Waals surface area contributed by atoms with Gasteiger partial charge in [-0.3, -0.25) is 5.41 Å². The highest BCUT2D eigenvalue weighted by atomic mass is 79.9. The van der Waals surface area contributed by atoms with Gasteiger partial charge in [-0.25, -0.2) is 0 Å². The third kappa shape index (κ3) is 3.24. The van der Waals surface area contributed by atoms with Crippen molar-refractivity contribution in [3.8, 4) is 23.3 Å². The molecule has 2 aromatic rings. The van der Waals surface area contributed by atoms with Crippen molar-refractivity contribution < 1.29 is 14.6 Å². The molecule has 3 rings (SSSR count). The van der Waals surface area contributed by atoms with Gasteiger partial charge in [0.05, 0.1) is 6.07 Å². The Hall–Kier alpha value is -2.78. The van der Waals surface area contributed by atoms with Crippen LogP contribution in [0.3, 0.4) is 0 Å². The molecule has 0 aliphatic carbocycles. The number of nitrogens with one attached hydrogen (secondary N) is 1. The minimum atomic E-state index is -0.794. The molecule has 1 heterocycles. The molecule has 126 valence electrons. The predicted molar refractivity (Wildman–Crippen MR) is 97.2 cm³/mol. The van der Waals surface area contributed by atoms with E-state index in [1.807, 2.05) is 18.2 Å². The highest BCUT2D eigenvalue weighted by Gasteiger charge is 2.38. The summed E-state index contributed by atoms with van der Waals surface area (Å²) in [5.74, 6) is -0.367. The molecular formula is C19H15BrN2O3. The van der Waals surface area contributed by atoms with E-state index in [0.29, 0.717) is 18.1 Å². The second-order valence-corrected chi connectivity index (χ2v) is 6.47. The van der Waals surface area contributed by atoms with Gasteiger partial charge in [-0.05, 0) is 24.3 Å². The summed E-state index contributed by atoms with van der Waals surface area (Å²) in [7, 11) is 0. The van der Waals surface area contributed by atoms with Gasteiger partial charge in [0.25, 0.3) is 0 Å². The lowest BCUT2D eigenvalue weighted by Crippen LogP contribution is -2.31. The molecule has 0 aromatic heterocycles. The first kappa shape index (κ1) is 17.1. The molecule has 0 spiro atoms. The Balaban J connectivity index is 2.20. The second kappa shape index (κ2) is 6.99. The van der Waals surface area contributed by atoms with Gasteiger partial charge in [-0.15, -0.1) is 0 Å². The first-order valence-corrected chi connectivity index (χ1v) is 8.36. The summed E-state index contributed by atoms with van der Waals surface area (Å²) in [6.45, 7) is 3.98. The first-order chi connectivity index (χ1) is 12.0. The van der Waals surface area contributed by atoms with E-state index >= 15 is 0 Å². The number of hydrogen-bond donors (Lipinski definition) is 2. The number of halogens is 1. The maximum absolute atomic E-state index is 9.71. The van der Waals surface area contributed by atoms with E-state index in [0.717, 1.165) is 15.6 Å². The van der Waals surface area contributed by atoms with E-state index in [2.05, 4.69) is 28.6 Å². The van der Waals surface area contributed by atoms with Gasteiger partial charge in [0, 0.05) is 27.6 Å². The van der Waals surface area contributed by atoms with E-state index in [1.54, 1.807) is 18.2 Å². The van der Waals surface area contributed by atoms with Crippen LogP contribution in [0.1, 0.15) is 17.0 Å². The largest absolute Gasteiger partial charge is 0.508 e. The number of rotatable bonds is 4.